The van der Waals surface area contributed by atoms with E-state index >= 15 is 0 Å². The van der Waals surface area contributed by atoms with Gasteiger partial charge in [-0.25, -0.2) is 0 Å². The molecule has 0 spiro atoms. The van der Waals surface area contributed by atoms with Crippen molar-refractivity contribution in [2.45, 2.75) is 20.0 Å². The fourth-order valence-electron chi connectivity index (χ4n) is 2.21. The molecule has 6 nitrogen and oxygen atoms in total. The lowest BCUT2D eigenvalue weighted by Crippen LogP contribution is -2.05. The summed E-state index contributed by atoms with van der Waals surface area (Å²) in [7, 11) is 0. The van der Waals surface area contributed by atoms with Crippen LogP contribution < -0.4 is 15.4 Å². The van der Waals surface area contributed by atoms with E-state index in [2.05, 4.69) is 25.8 Å². The number of nitrogens with zero attached hydrogens (tertiary/aromatic N) is 3. The topological polar surface area (TPSA) is 72.0 Å². The Bertz CT molecular complexity index is 867. The van der Waals surface area contributed by atoms with Gasteiger partial charge in [-0.3, -0.25) is 0 Å². The molecule has 1 heterocycles. The van der Waals surface area contributed by atoms with E-state index in [9.17, 15) is 0 Å². The normalized spacial score (nSPS) is 10.7. The van der Waals surface area contributed by atoms with E-state index in [0.29, 0.717) is 27.5 Å². The minimum absolute atomic E-state index is 0.129. The summed E-state index contributed by atoms with van der Waals surface area (Å²) in [5.41, 5.74) is 1.54. The van der Waals surface area contributed by atoms with E-state index in [0.717, 1.165) is 11.4 Å². The van der Waals surface area contributed by atoms with Gasteiger partial charge in [0.1, 0.15) is 5.75 Å². The number of hydrogen-bond donors (Lipinski definition) is 2. The van der Waals surface area contributed by atoms with Crippen molar-refractivity contribution in [1.29, 1.82) is 0 Å². The first-order valence-corrected chi connectivity index (χ1v) is 8.70. The molecule has 0 atom stereocenters. The minimum atomic E-state index is 0.129. The second-order valence-corrected chi connectivity index (χ2v) is 6.64. The van der Waals surface area contributed by atoms with E-state index in [1.807, 2.05) is 38.1 Å². The van der Waals surface area contributed by atoms with Crippen LogP contribution in [-0.2, 0) is 0 Å². The lowest BCUT2D eigenvalue weighted by atomic mass is 10.3. The highest BCUT2D eigenvalue weighted by Crippen LogP contribution is 2.25. The Morgan fingerprint density at radius 2 is 1.62 bits per heavy atom. The number of hydrogen-bond acceptors (Lipinski definition) is 6. The molecule has 1 aromatic heterocycles. The fourth-order valence-corrected chi connectivity index (χ4v) is 2.73. The van der Waals surface area contributed by atoms with E-state index in [1.54, 1.807) is 18.2 Å². The van der Waals surface area contributed by atoms with Gasteiger partial charge in [0.15, 0.2) is 5.82 Å². The first kappa shape index (κ1) is 18.2. The zero-order valence-corrected chi connectivity index (χ0v) is 15.7. The summed E-state index contributed by atoms with van der Waals surface area (Å²) in [6.07, 6.45) is 1.64. The number of halogens is 2. The lowest BCUT2D eigenvalue weighted by Gasteiger charge is -2.11. The van der Waals surface area contributed by atoms with Crippen molar-refractivity contribution in [1.82, 2.24) is 15.2 Å². The van der Waals surface area contributed by atoms with Crippen LogP contribution in [0, 0.1) is 0 Å². The molecule has 134 valence electrons. The maximum atomic E-state index is 6.00. The Morgan fingerprint density at radius 3 is 2.27 bits per heavy atom. The first-order valence-electron chi connectivity index (χ1n) is 7.94. The van der Waals surface area contributed by atoms with Crippen molar-refractivity contribution < 1.29 is 4.74 Å². The standard InChI is InChI=1S/C18H17Cl2N5O/c1-11(2)26-16-5-3-14(4-6-16)23-18-24-17(10-21-25-18)22-15-8-12(19)7-13(20)9-15/h3-11H,1-2H3,(H2,22,23,24,25). The zero-order chi connectivity index (χ0) is 18.5. The molecule has 0 radical (unpaired) electrons. The number of benzene rings is 2. The number of aromatic nitrogens is 3. The molecule has 0 bridgehead atoms. The average Bonchev–Trinajstić information content (AvgIpc) is 2.55. The molecular formula is C18H17Cl2N5O. The van der Waals surface area contributed by atoms with Crippen LogP contribution in [0.3, 0.4) is 0 Å². The second kappa shape index (κ2) is 8.21. The van der Waals surface area contributed by atoms with Gasteiger partial charge in [-0.15, -0.1) is 5.10 Å². The molecule has 26 heavy (non-hydrogen) atoms. The SMILES string of the molecule is CC(C)Oc1ccc(Nc2nncc(Nc3cc(Cl)cc(Cl)c3)n2)cc1. The number of rotatable bonds is 6. The van der Waals surface area contributed by atoms with Gasteiger partial charge in [0.05, 0.1) is 12.3 Å². The molecule has 2 N–H and O–H groups in total. The molecule has 0 aliphatic rings. The second-order valence-electron chi connectivity index (χ2n) is 5.76. The predicted molar refractivity (Wildman–Crippen MR) is 105 cm³/mol. The van der Waals surface area contributed by atoms with Crippen molar-refractivity contribution >= 4 is 46.3 Å². The van der Waals surface area contributed by atoms with E-state index in [1.165, 1.54) is 6.20 Å². The number of ether oxygens (including phenoxy) is 1. The molecule has 0 fully saturated rings. The van der Waals surface area contributed by atoms with Gasteiger partial charge in [-0.1, -0.05) is 23.2 Å². The molecular weight excluding hydrogens is 373 g/mol. The molecule has 3 aromatic rings. The summed E-state index contributed by atoms with van der Waals surface area (Å²) in [4.78, 5) is 4.38. The smallest absolute Gasteiger partial charge is 0.249 e. The van der Waals surface area contributed by atoms with Crippen LogP contribution in [0.25, 0.3) is 0 Å². The zero-order valence-electron chi connectivity index (χ0n) is 14.2. The van der Waals surface area contributed by atoms with Crippen LogP contribution in [-0.4, -0.2) is 21.3 Å². The number of nitrogens with one attached hydrogen (secondary N) is 2. The summed E-state index contributed by atoms with van der Waals surface area (Å²) in [5.74, 6) is 1.68. The Kier molecular flexibility index (Phi) is 5.75. The summed E-state index contributed by atoms with van der Waals surface area (Å²) < 4.78 is 5.62. The Balaban J connectivity index is 1.71. The highest BCUT2D eigenvalue weighted by Gasteiger charge is 2.05. The molecule has 8 heteroatoms. The van der Waals surface area contributed by atoms with Gasteiger partial charge in [0, 0.05) is 21.4 Å². The quantitative estimate of drug-likeness (QED) is 0.583. The van der Waals surface area contributed by atoms with E-state index < -0.39 is 0 Å². The molecule has 0 aliphatic carbocycles. The summed E-state index contributed by atoms with van der Waals surface area (Å²) in [5, 5.41) is 15.2. The summed E-state index contributed by atoms with van der Waals surface area (Å²) >= 11 is 12.0. The fraction of sp³-hybridized carbons (Fsp3) is 0.167. The third-order valence-electron chi connectivity index (χ3n) is 3.18. The van der Waals surface area contributed by atoms with Crippen molar-refractivity contribution in [2.24, 2.45) is 0 Å². The largest absolute Gasteiger partial charge is 0.491 e. The third kappa shape index (κ3) is 5.21. The molecule has 0 unspecified atom stereocenters. The molecule has 0 amide bonds. The maximum Gasteiger partial charge on any atom is 0.249 e. The molecule has 0 saturated carbocycles. The Hall–Kier alpha value is -2.57. The monoisotopic (exact) mass is 389 g/mol. The van der Waals surface area contributed by atoms with Gasteiger partial charge in [0.25, 0.3) is 0 Å². The van der Waals surface area contributed by atoms with Crippen LogP contribution in [0.15, 0.2) is 48.7 Å². The van der Waals surface area contributed by atoms with Gasteiger partial charge in [-0.2, -0.15) is 10.1 Å². The van der Waals surface area contributed by atoms with Gasteiger partial charge >= 0.3 is 0 Å². The average molecular weight is 390 g/mol. The van der Waals surface area contributed by atoms with Crippen LogP contribution >= 0.6 is 23.2 Å². The first-order chi connectivity index (χ1) is 12.5. The van der Waals surface area contributed by atoms with Gasteiger partial charge in [0.2, 0.25) is 5.95 Å². The Morgan fingerprint density at radius 1 is 0.923 bits per heavy atom. The molecule has 2 aromatic carbocycles. The van der Waals surface area contributed by atoms with Crippen molar-refractivity contribution in [3.8, 4) is 5.75 Å². The van der Waals surface area contributed by atoms with Gasteiger partial charge < -0.3 is 15.4 Å². The van der Waals surface area contributed by atoms with Crippen LogP contribution in [0.2, 0.25) is 10.0 Å². The van der Waals surface area contributed by atoms with Crippen molar-refractivity contribution in [2.75, 3.05) is 10.6 Å². The maximum absolute atomic E-state index is 6.00. The van der Waals surface area contributed by atoms with Gasteiger partial charge in [-0.05, 0) is 56.3 Å². The lowest BCUT2D eigenvalue weighted by molar-refractivity contribution is 0.242. The minimum Gasteiger partial charge on any atom is -0.491 e. The molecule has 3 rings (SSSR count). The van der Waals surface area contributed by atoms with E-state index in [4.69, 9.17) is 27.9 Å². The summed E-state index contributed by atoms with van der Waals surface area (Å²) in [6.45, 7) is 3.97. The number of anilines is 4. The van der Waals surface area contributed by atoms with E-state index in [-0.39, 0.29) is 6.10 Å². The highest BCUT2D eigenvalue weighted by molar-refractivity contribution is 6.35. The third-order valence-corrected chi connectivity index (χ3v) is 3.61. The van der Waals surface area contributed by atoms with Crippen LogP contribution in [0.1, 0.15) is 13.8 Å². The predicted octanol–water partition coefficient (Wildman–Crippen LogP) is 5.45. The Labute approximate surface area is 161 Å². The van der Waals surface area contributed by atoms with Crippen LogP contribution in [0.4, 0.5) is 23.1 Å². The van der Waals surface area contributed by atoms with Crippen molar-refractivity contribution in [3.05, 3.63) is 58.7 Å². The summed E-state index contributed by atoms with van der Waals surface area (Å²) in [6, 6.07) is 12.7. The molecule has 0 saturated heterocycles. The van der Waals surface area contributed by atoms with Crippen LogP contribution in [0.5, 0.6) is 5.75 Å². The highest BCUT2D eigenvalue weighted by atomic mass is 35.5. The molecule has 0 aliphatic heterocycles. The van der Waals surface area contributed by atoms with Crippen molar-refractivity contribution in [3.63, 3.8) is 0 Å².